The van der Waals surface area contributed by atoms with Crippen LogP contribution >= 0.6 is 11.3 Å². The first-order valence-corrected chi connectivity index (χ1v) is 7.45. The molecule has 3 rings (SSSR count). The third kappa shape index (κ3) is 2.64. The van der Waals surface area contributed by atoms with Crippen LogP contribution in [0.25, 0.3) is 0 Å². The fourth-order valence-electron chi connectivity index (χ4n) is 2.54. The molecule has 0 aromatic carbocycles. The minimum Gasteiger partial charge on any atom is -0.311 e. The SMILES string of the molecule is c1sc(C2CC2)nc1CNCC1CCCC1. The molecule has 1 heterocycles. The molecule has 0 atom stereocenters. The molecule has 1 aromatic rings. The van der Waals surface area contributed by atoms with E-state index in [-0.39, 0.29) is 0 Å². The van der Waals surface area contributed by atoms with E-state index in [0.29, 0.717) is 0 Å². The monoisotopic (exact) mass is 236 g/mol. The van der Waals surface area contributed by atoms with Crippen LogP contribution in [0.5, 0.6) is 0 Å². The first-order valence-electron chi connectivity index (χ1n) is 6.57. The van der Waals surface area contributed by atoms with Crippen LogP contribution in [-0.2, 0) is 6.54 Å². The van der Waals surface area contributed by atoms with Crippen LogP contribution in [0.3, 0.4) is 0 Å². The van der Waals surface area contributed by atoms with E-state index in [1.165, 1.54) is 55.8 Å². The van der Waals surface area contributed by atoms with Crippen molar-refractivity contribution in [2.75, 3.05) is 6.54 Å². The number of hydrogen-bond donors (Lipinski definition) is 1. The van der Waals surface area contributed by atoms with Gasteiger partial charge in [0.15, 0.2) is 0 Å². The highest BCUT2D eigenvalue weighted by molar-refractivity contribution is 7.09. The minimum absolute atomic E-state index is 0.814. The Hall–Kier alpha value is -0.410. The Morgan fingerprint density at radius 3 is 2.81 bits per heavy atom. The molecule has 0 amide bonds. The Balaban J connectivity index is 1.42. The van der Waals surface area contributed by atoms with Crippen LogP contribution in [0.4, 0.5) is 0 Å². The minimum atomic E-state index is 0.814. The summed E-state index contributed by atoms with van der Waals surface area (Å²) in [5, 5.41) is 7.16. The number of nitrogens with zero attached hydrogens (tertiary/aromatic N) is 1. The standard InChI is InChI=1S/C13H20N2S/c1-2-4-10(3-1)7-14-8-12-9-16-13(15-12)11-5-6-11/h9-11,14H,1-8H2. The van der Waals surface area contributed by atoms with E-state index in [9.17, 15) is 0 Å². The van der Waals surface area contributed by atoms with E-state index < -0.39 is 0 Å². The third-order valence-corrected chi connectivity index (χ3v) is 4.77. The van der Waals surface area contributed by atoms with Crippen molar-refractivity contribution in [2.24, 2.45) is 5.92 Å². The second-order valence-electron chi connectivity index (χ2n) is 5.23. The van der Waals surface area contributed by atoms with Crippen molar-refractivity contribution in [3.63, 3.8) is 0 Å². The van der Waals surface area contributed by atoms with Crippen LogP contribution < -0.4 is 5.32 Å². The number of nitrogens with one attached hydrogen (secondary N) is 1. The second-order valence-corrected chi connectivity index (χ2v) is 6.12. The molecule has 2 aliphatic carbocycles. The molecule has 88 valence electrons. The summed E-state index contributed by atoms with van der Waals surface area (Å²) in [4.78, 5) is 4.69. The summed E-state index contributed by atoms with van der Waals surface area (Å²) in [7, 11) is 0. The molecule has 2 nitrogen and oxygen atoms in total. The fraction of sp³-hybridized carbons (Fsp3) is 0.769. The molecule has 2 saturated carbocycles. The van der Waals surface area contributed by atoms with Crippen LogP contribution in [0.1, 0.15) is 55.1 Å². The summed E-state index contributed by atoms with van der Waals surface area (Å²) in [6.45, 7) is 2.16. The number of aromatic nitrogens is 1. The van der Waals surface area contributed by atoms with Gasteiger partial charge in [-0.05, 0) is 38.1 Å². The van der Waals surface area contributed by atoms with E-state index >= 15 is 0 Å². The van der Waals surface area contributed by atoms with Crippen LogP contribution in [-0.4, -0.2) is 11.5 Å². The summed E-state index contributed by atoms with van der Waals surface area (Å²) in [5.41, 5.74) is 1.25. The molecule has 0 saturated heterocycles. The Kier molecular flexibility index (Phi) is 3.25. The van der Waals surface area contributed by atoms with Gasteiger partial charge in [-0.3, -0.25) is 0 Å². The first kappa shape index (κ1) is 10.7. The Morgan fingerprint density at radius 1 is 1.25 bits per heavy atom. The highest BCUT2D eigenvalue weighted by Gasteiger charge is 2.26. The molecule has 16 heavy (non-hydrogen) atoms. The number of hydrogen-bond acceptors (Lipinski definition) is 3. The quantitative estimate of drug-likeness (QED) is 0.848. The summed E-state index contributed by atoms with van der Waals surface area (Å²) < 4.78 is 0. The van der Waals surface area contributed by atoms with Crippen LogP contribution in [0.2, 0.25) is 0 Å². The van der Waals surface area contributed by atoms with Crippen LogP contribution in [0.15, 0.2) is 5.38 Å². The van der Waals surface area contributed by atoms with Gasteiger partial charge in [-0.2, -0.15) is 0 Å². The second kappa shape index (κ2) is 4.84. The topological polar surface area (TPSA) is 24.9 Å². The van der Waals surface area contributed by atoms with E-state index in [4.69, 9.17) is 4.98 Å². The van der Waals surface area contributed by atoms with Crippen molar-refractivity contribution in [1.29, 1.82) is 0 Å². The van der Waals surface area contributed by atoms with E-state index in [1.54, 1.807) is 0 Å². The van der Waals surface area contributed by atoms with Gasteiger partial charge in [0.2, 0.25) is 0 Å². The lowest BCUT2D eigenvalue weighted by molar-refractivity contribution is 0.487. The van der Waals surface area contributed by atoms with Crippen molar-refractivity contribution < 1.29 is 0 Å². The molecule has 0 spiro atoms. The normalized spacial score (nSPS) is 21.8. The lowest BCUT2D eigenvalue weighted by Gasteiger charge is -2.08. The average molecular weight is 236 g/mol. The maximum absolute atomic E-state index is 4.69. The molecule has 0 bridgehead atoms. The maximum atomic E-state index is 4.69. The van der Waals surface area contributed by atoms with E-state index in [1.807, 2.05) is 11.3 Å². The zero-order chi connectivity index (χ0) is 10.8. The van der Waals surface area contributed by atoms with Crippen molar-refractivity contribution in [1.82, 2.24) is 10.3 Å². The molecule has 1 N–H and O–H groups in total. The fourth-order valence-corrected chi connectivity index (χ4v) is 3.53. The number of rotatable bonds is 5. The third-order valence-electron chi connectivity index (χ3n) is 3.71. The summed E-state index contributed by atoms with van der Waals surface area (Å²) in [5.74, 6) is 1.75. The summed E-state index contributed by atoms with van der Waals surface area (Å²) >= 11 is 1.85. The van der Waals surface area contributed by atoms with Gasteiger partial charge in [0.25, 0.3) is 0 Å². The van der Waals surface area contributed by atoms with Crippen LogP contribution in [0, 0.1) is 5.92 Å². The summed E-state index contributed by atoms with van der Waals surface area (Å²) in [6, 6.07) is 0. The van der Waals surface area contributed by atoms with Gasteiger partial charge in [-0.15, -0.1) is 11.3 Å². The van der Waals surface area contributed by atoms with Gasteiger partial charge in [-0.25, -0.2) is 4.98 Å². The molecule has 0 aliphatic heterocycles. The van der Waals surface area contributed by atoms with Crippen molar-refractivity contribution in [2.45, 2.75) is 51.0 Å². The zero-order valence-corrected chi connectivity index (χ0v) is 10.6. The summed E-state index contributed by atoms with van der Waals surface area (Å²) in [6.07, 6.45) is 8.46. The zero-order valence-electron chi connectivity index (χ0n) is 9.74. The lowest BCUT2D eigenvalue weighted by atomic mass is 10.1. The highest BCUT2D eigenvalue weighted by atomic mass is 32.1. The number of thiazole rings is 1. The van der Waals surface area contributed by atoms with Crippen molar-refractivity contribution >= 4 is 11.3 Å². The maximum Gasteiger partial charge on any atom is 0.0959 e. The van der Waals surface area contributed by atoms with E-state index in [2.05, 4.69) is 10.7 Å². The first-order chi connectivity index (χ1) is 7.92. The molecule has 0 radical (unpaired) electrons. The lowest BCUT2D eigenvalue weighted by Crippen LogP contribution is -2.20. The molecule has 1 aromatic heterocycles. The molecular weight excluding hydrogens is 216 g/mol. The van der Waals surface area contributed by atoms with Gasteiger partial charge in [0.1, 0.15) is 0 Å². The molecule has 0 unspecified atom stereocenters. The van der Waals surface area contributed by atoms with E-state index in [0.717, 1.165) is 18.4 Å². The van der Waals surface area contributed by atoms with Crippen molar-refractivity contribution in [3.05, 3.63) is 16.1 Å². The average Bonchev–Trinajstić information content (AvgIpc) is 2.83. The highest BCUT2D eigenvalue weighted by Crippen LogP contribution is 2.41. The van der Waals surface area contributed by atoms with Gasteiger partial charge < -0.3 is 5.32 Å². The van der Waals surface area contributed by atoms with Gasteiger partial charge in [0.05, 0.1) is 10.7 Å². The molecular formula is C13H20N2S. The predicted molar refractivity (Wildman–Crippen MR) is 67.8 cm³/mol. The van der Waals surface area contributed by atoms with Gasteiger partial charge in [-0.1, -0.05) is 12.8 Å². The largest absolute Gasteiger partial charge is 0.311 e. The van der Waals surface area contributed by atoms with Crippen molar-refractivity contribution in [3.8, 4) is 0 Å². The Labute approximate surface area is 101 Å². The predicted octanol–water partition coefficient (Wildman–Crippen LogP) is 3.30. The molecule has 2 aliphatic rings. The Morgan fingerprint density at radius 2 is 2.06 bits per heavy atom. The smallest absolute Gasteiger partial charge is 0.0959 e. The molecule has 3 heteroatoms. The van der Waals surface area contributed by atoms with Gasteiger partial charge in [0, 0.05) is 17.8 Å². The van der Waals surface area contributed by atoms with Gasteiger partial charge >= 0.3 is 0 Å². The Bertz CT molecular complexity index is 337. The molecule has 2 fully saturated rings.